The van der Waals surface area contributed by atoms with Crippen molar-refractivity contribution in [3.05, 3.63) is 68.1 Å². The lowest BCUT2D eigenvalue weighted by Gasteiger charge is -2.15. The Hall–Kier alpha value is -0.780. The Morgan fingerprint density at radius 2 is 1.79 bits per heavy atom. The summed E-state index contributed by atoms with van der Waals surface area (Å²) in [5.41, 5.74) is 0.765. The molecule has 0 aromatic heterocycles. The topological polar surface area (TPSA) is 20.2 Å². The van der Waals surface area contributed by atoms with Crippen molar-refractivity contribution in [3.8, 4) is 0 Å². The smallest absolute Gasteiger partial charge is 0.130 e. The van der Waals surface area contributed by atoms with Crippen LogP contribution in [0.15, 0.2) is 45.3 Å². The Morgan fingerprint density at radius 1 is 1.05 bits per heavy atom. The van der Waals surface area contributed by atoms with E-state index in [1.54, 1.807) is 18.2 Å². The van der Waals surface area contributed by atoms with Gasteiger partial charge in [-0.15, -0.1) is 0 Å². The van der Waals surface area contributed by atoms with Gasteiger partial charge in [0, 0.05) is 20.9 Å². The fraction of sp³-hybridized carbons (Fsp3) is 0.143. The van der Waals surface area contributed by atoms with Gasteiger partial charge in [-0.2, -0.15) is 0 Å². The molecule has 19 heavy (non-hydrogen) atoms. The van der Waals surface area contributed by atoms with Gasteiger partial charge in [0.05, 0.1) is 6.10 Å². The van der Waals surface area contributed by atoms with E-state index in [0.717, 1.165) is 0 Å². The molecule has 0 aliphatic carbocycles. The van der Waals surface area contributed by atoms with Gasteiger partial charge in [-0.3, -0.25) is 0 Å². The van der Waals surface area contributed by atoms with Gasteiger partial charge in [-0.25, -0.2) is 8.78 Å². The molecule has 5 heteroatoms. The van der Waals surface area contributed by atoms with E-state index in [1.165, 1.54) is 18.2 Å². The summed E-state index contributed by atoms with van der Waals surface area (Å²) in [6, 6.07) is 8.69. The van der Waals surface area contributed by atoms with Crippen LogP contribution in [-0.4, -0.2) is 5.11 Å². The standard InChI is InChI=1S/C14H10Br2F2O/c15-10-5-4-9(17)6-8(10)7-13(19)14-11(16)2-1-3-12(14)18/h1-6,13,19H,7H2. The van der Waals surface area contributed by atoms with Gasteiger partial charge < -0.3 is 5.11 Å². The van der Waals surface area contributed by atoms with Crippen molar-refractivity contribution < 1.29 is 13.9 Å². The molecular formula is C14H10Br2F2O. The molecule has 1 N–H and O–H groups in total. The van der Waals surface area contributed by atoms with Crippen molar-refractivity contribution >= 4 is 31.9 Å². The number of benzene rings is 2. The van der Waals surface area contributed by atoms with E-state index in [4.69, 9.17) is 0 Å². The zero-order valence-corrected chi connectivity index (χ0v) is 12.9. The van der Waals surface area contributed by atoms with E-state index in [1.807, 2.05) is 0 Å². The third-order valence-electron chi connectivity index (χ3n) is 2.75. The normalized spacial score (nSPS) is 12.5. The molecule has 1 atom stereocenters. The summed E-state index contributed by atoms with van der Waals surface area (Å²) in [7, 11) is 0. The van der Waals surface area contributed by atoms with E-state index in [-0.39, 0.29) is 12.0 Å². The first kappa shape index (κ1) is 14.6. The molecule has 0 fully saturated rings. The maximum absolute atomic E-state index is 13.7. The molecule has 0 heterocycles. The number of rotatable bonds is 3. The molecule has 0 spiro atoms. The van der Waals surface area contributed by atoms with Gasteiger partial charge in [0.15, 0.2) is 0 Å². The Kier molecular flexibility index (Phi) is 4.71. The first-order chi connectivity index (χ1) is 8.99. The molecule has 0 bridgehead atoms. The van der Waals surface area contributed by atoms with Crippen LogP contribution in [0.1, 0.15) is 17.2 Å². The van der Waals surface area contributed by atoms with Crippen LogP contribution in [0, 0.1) is 11.6 Å². The van der Waals surface area contributed by atoms with Crippen molar-refractivity contribution in [1.82, 2.24) is 0 Å². The zero-order chi connectivity index (χ0) is 14.0. The van der Waals surface area contributed by atoms with Crippen LogP contribution in [0.4, 0.5) is 8.78 Å². The highest BCUT2D eigenvalue weighted by atomic mass is 79.9. The summed E-state index contributed by atoms with van der Waals surface area (Å²) in [6.07, 6.45) is -0.925. The van der Waals surface area contributed by atoms with Crippen LogP contribution < -0.4 is 0 Å². The fourth-order valence-electron chi connectivity index (χ4n) is 1.84. The molecule has 0 saturated carbocycles. The summed E-state index contributed by atoms with van der Waals surface area (Å²) in [4.78, 5) is 0. The number of halogens is 4. The molecule has 0 radical (unpaired) electrons. The van der Waals surface area contributed by atoms with Crippen LogP contribution in [0.2, 0.25) is 0 Å². The minimum atomic E-state index is -1.05. The van der Waals surface area contributed by atoms with Crippen LogP contribution in [0.5, 0.6) is 0 Å². The SMILES string of the molecule is OC(Cc1cc(F)ccc1Br)c1c(F)cccc1Br. The predicted octanol–water partition coefficient (Wildman–Crippen LogP) is 4.77. The van der Waals surface area contributed by atoms with Gasteiger partial charge in [-0.1, -0.05) is 37.9 Å². The summed E-state index contributed by atoms with van der Waals surface area (Å²) >= 11 is 6.49. The molecule has 0 saturated heterocycles. The summed E-state index contributed by atoms with van der Waals surface area (Å²) < 4.78 is 28.1. The average Bonchev–Trinajstić information content (AvgIpc) is 2.33. The van der Waals surface area contributed by atoms with Crippen LogP contribution in [0.3, 0.4) is 0 Å². The molecule has 2 aromatic carbocycles. The van der Waals surface area contributed by atoms with Crippen molar-refractivity contribution in [1.29, 1.82) is 0 Å². The molecule has 1 unspecified atom stereocenters. The monoisotopic (exact) mass is 390 g/mol. The zero-order valence-electron chi connectivity index (χ0n) is 9.71. The lowest BCUT2D eigenvalue weighted by molar-refractivity contribution is 0.172. The van der Waals surface area contributed by atoms with Gasteiger partial charge >= 0.3 is 0 Å². The predicted molar refractivity (Wildman–Crippen MR) is 76.9 cm³/mol. The number of hydrogen-bond acceptors (Lipinski definition) is 1. The highest BCUT2D eigenvalue weighted by Gasteiger charge is 2.18. The Morgan fingerprint density at radius 3 is 2.47 bits per heavy atom. The van der Waals surface area contributed by atoms with Crippen molar-refractivity contribution in [3.63, 3.8) is 0 Å². The summed E-state index contributed by atoms with van der Waals surface area (Å²) in [5, 5.41) is 10.1. The maximum Gasteiger partial charge on any atom is 0.130 e. The molecule has 2 aromatic rings. The van der Waals surface area contributed by atoms with Gasteiger partial charge in [0.1, 0.15) is 11.6 Å². The van der Waals surface area contributed by atoms with Crippen LogP contribution >= 0.6 is 31.9 Å². The van der Waals surface area contributed by atoms with E-state index in [9.17, 15) is 13.9 Å². The van der Waals surface area contributed by atoms with Gasteiger partial charge in [0.2, 0.25) is 0 Å². The number of hydrogen-bond donors (Lipinski definition) is 1. The van der Waals surface area contributed by atoms with Crippen molar-refractivity contribution in [2.75, 3.05) is 0 Å². The Bertz CT molecular complexity index is 582. The largest absolute Gasteiger partial charge is 0.388 e. The first-order valence-corrected chi connectivity index (χ1v) is 7.13. The second-order valence-corrected chi connectivity index (χ2v) is 5.80. The Labute approximate surface area is 126 Å². The third kappa shape index (κ3) is 3.41. The molecule has 100 valence electrons. The molecule has 1 nitrogen and oxygen atoms in total. The molecule has 0 aliphatic rings. The van der Waals surface area contributed by atoms with E-state index >= 15 is 0 Å². The summed E-state index contributed by atoms with van der Waals surface area (Å²) in [5.74, 6) is -0.882. The average molecular weight is 392 g/mol. The minimum absolute atomic E-state index is 0.123. The first-order valence-electron chi connectivity index (χ1n) is 5.55. The second-order valence-electron chi connectivity index (χ2n) is 4.09. The second kappa shape index (κ2) is 6.11. The maximum atomic E-state index is 13.7. The lowest BCUT2D eigenvalue weighted by atomic mass is 10.0. The van der Waals surface area contributed by atoms with Gasteiger partial charge in [-0.05, 0) is 35.9 Å². The van der Waals surface area contributed by atoms with E-state index in [0.29, 0.717) is 14.5 Å². The van der Waals surface area contributed by atoms with E-state index < -0.39 is 17.7 Å². The minimum Gasteiger partial charge on any atom is -0.388 e. The third-order valence-corrected chi connectivity index (χ3v) is 4.22. The number of aliphatic hydroxyl groups excluding tert-OH is 1. The quantitative estimate of drug-likeness (QED) is 0.799. The number of aliphatic hydroxyl groups is 1. The van der Waals surface area contributed by atoms with Crippen LogP contribution in [-0.2, 0) is 6.42 Å². The molecular weight excluding hydrogens is 382 g/mol. The highest BCUT2D eigenvalue weighted by Crippen LogP contribution is 2.30. The van der Waals surface area contributed by atoms with Gasteiger partial charge in [0.25, 0.3) is 0 Å². The van der Waals surface area contributed by atoms with E-state index in [2.05, 4.69) is 31.9 Å². The molecule has 0 aliphatic heterocycles. The summed E-state index contributed by atoms with van der Waals surface area (Å²) in [6.45, 7) is 0. The molecule has 2 rings (SSSR count). The van der Waals surface area contributed by atoms with Crippen molar-refractivity contribution in [2.24, 2.45) is 0 Å². The molecule has 0 amide bonds. The lowest BCUT2D eigenvalue weighted by Crippen LogP contribution is -2.06. The van der Waals surface area contributed by atoms with Crippen molar-refractivity contribution in [2.45, 2.75) is 12.5 Å². The van der Waals surface area contributed by atoms with Crippen LogP contribution in [0.25, 0.3) is 0 Å². The highest BCUT2D eigenvalue weighted by molar-refractivity contribution is 9.10. The Balaban J connectivity index is 2.31. The fourth-order valence-corrected chi connectivity index (χ4v) is 2.85.